The van der Waals surface area contributed by atoms with Crippen LogP contribution >= 0.6 is 0 Å². The first-order chi connectivity index (χ1) is 16.1. The maximum absolute atomic E-state index is 12.5. The normalized spacial score (nSPS) is 13.8. The molecule has 1 fully saturated rings. The molecule has 1 aliphatic rings. The van der Waals surface area contributed by atoms with Gasteiger partial charge in [-0.05, 0) is 61.4 Å². The highest BCUT2D eigenvalue weighted by Gasteiger charge is 2.50. The number of Topliss-reactive ketones (excluding diaryl/α,β-unsaturated/α-hetero) is 1. The Kier molecular flexibility index (Phi) is 7.23. The summed E-state index contributed by atoms with van der Waals surface area (Å²) in [6.45, 7) is 2.74. The van der Waals surface area contributed by atoms with Gasteiger partial charge in [-0.2, -0.15) is 0 Å². The van der Waals surface area contributed by atoms with E-state index in [1.807, 2.05) is 73.7 Å². The van der Waals surface area contributed by atoms with Crippen molar-refractivity contribution in [2.45, 2.75) is 39.0 Å². The molecule has 0 unspecified atom stereocenters. The van der Waals surface area contributed by atoms with Gasteiger partial charge in [0.25, 0.3) is 0 Å². The van der Waals surface area contributed by atoms with Crippen molar-refractivity contribution in [3.05, 3.63) is 90.0 Å². The van der Waals surface area contributed by atoms with Gasteiger partial charge in [0.05, 0.1) is 18.6 Å². The molecule has 170 valence electrons. The maximum Gasteiger partial charge on any atom is 0.312 e. The van der Waals surface area contributed by atoms with Gasteiger partial charge in [0, 0.05) is 12.0 Å². The molecule has 3 aromatic rings. The van der Waals surface area contributed by atoms with Gasteiger partial charge in [-0.15, -0.1) is 0 Å². The monoisotopic (exact) mass is 442 g/mol. The van der Waals surface area contributed by atoms with Crippen LogP contribution in [0.2, 0.25) is 0 Å². The SMILES string of the molecule is CCOC(=O)C1(Cc2ccc(C(=O)CCCOc3ccc(-c4ccccc4)cc3)cc2)CC1. The van der Waals surface area contributed by atoms with Crippen LogP contribution in [-0.4, -0.2) is 25.0 Å². The fourth-order valence-electron chi connectivity index (χ4n) is 4.03. The number of carbonyl (C=O) groups excluding carboxylic acids is 2. The van der Waals surface area contributed by atoms with Gasteiger partial charge in [0.2, 0.25) is 0 Å². The number of hydrogen-bond acceptors (Lipinski definition) is 4. The third-order valence-electron chi connectivity index (χ3n) is 6.16. The topological polar surface area (TPSA) is 52.6 Å². The molecule has 33 heavy (non-hydrogen) atoms. The Bertz CT molecular complexity index is 1060. The predicted molar refractivity (Wildman–Crippen MR) is 129 cm³/mol. The lowest BCUT2D eigenvalue weighted by molar-refractivity contribution is -0.149. The molecule has 1 aliphatic carbocycles. The van der Waals surface area contributed by atoms with E-state index in [0.29, 0.717) is 38.0 Å². The van der Waals surface area contributed by atoms with Crippen LogP contribution in [-0.2, 0) is 16.0 Å². The van der Waals surface area contributed by atoms with Crippen LogP contribution in [0.25, 0.3) is 11.1 Å². The van der Waals surface area contributed by atoms with Gasteiger partial charge in [-0.3, -0.25) is 9.59 Å². The van der Waals surface area contributed by atoms with Crippen LogP contribution in [0.5, 0.6) is 5.75 Å². The summed E-state index contributed by atoms with van der Waals surface area (Å²) in [4.78, 5) is 24.7. The first-order valence-electron chi connectivity index (χ1n) is 11.7. The minimum Gasteiger partial charge on any atom is -0.494 e. The first kappa shape index (κ1) is 22.8. The molecule has 0 atom stereocenters. The molecule has 0 radical (unpaired) electrons. The van der Waals surface area contributed by atoms with Crippen LogP contribution in [0.1, 0.15) is 48.5 Å². The Balaban J connectivity index is 1.21. The lowest BCUT2D eigenvalue weighted by atomic mass is 9.95. The molecule has 4 heteroatoms. The number of ketones is 1. The van der Waals surface area contributed by atoms with Gasteiger partial charge < -0.3 is 9.47 Å². The second-order valence-corrected chi connectivity index (χ2v) is 8.64. The summed E-state index contributed by atoms with van der Waals surface area (Å²) in [6, 6.07) is 25.9. The summed E-state index contributed by atoms with van der Waals surface area (Å²) in [5, 5.41) is 0. The van der Waals surface area contributed by atoms with Crippen LogP contribution in [0.3, 0.4) is 0 Å². The Morgan fingerprint density at radius 3 is 2.15 bits per heavy atom. The molecule has 3 aromatic carbocycles. The zero-order chi connectivity index (χ0) is 23.1. The minimum atomic E-state index is -0.349. The minimum absolute atomic E-state index is 0.0974. The number of ether oxygens (including phenoxy) is 2. The van der Waals surface area contributed by atoms with E-state index in [4.69, 9.17) is 9.47 Å². The van der Waals surface area contributed by atoms with Gasteiger partial charge in [-0.25, -0.2) is 0 Å². The molecular formula is C29H30O4. The van der Waals surface area contributed by atoms with Crippen molar-refractivity contribution in [2.24, 2.45) is 5.41 Å². The van der Waals surface area contributed by atoms with E-state index in [0.717, 1.165) is 29.7 Å². The maximum atomic E-state index is 12.5. The Morgan fingerprint density at radius 2 is 1.52 bits per heavy atom. The molecule has 0 spiro atoms. The van der Waals surface area contributed by atoms with Crippen molar-refractivity contribution in [1.29, 1.82) is 0 Å². The molecule has 4 nitrogen and oxygen atoms in total. The summed E-state index contributed by atoms with van der Waals surface area (Å²) in [7, 11) is 0. The molecule has 4 rings (SSSR count). The second kappa shape index (κ2) is 10.5. The highest BCUT2D eigenvalue weighted by Crippen LogP contribution is 2.49. The first-order valence-corrected chi connectivity index (χ1v) is 11.7. The lowest BCUT2D eigenvalue weighted by Crippen LogP contribution is -2.21. The van der Waals surface area contributed by atoms with E-state index in [1.165, 1.54) is 5.56 Å². The average Bonchev–Trinajstić information content (AvgIpc) is 3.64. The Hall–Kier alpha value is -3.40. The van der Waals surface area contributed by atoms with E-state index in [-0.39, 0.29) is 17.2 Å². The lowest BCUT2D eigenvalue weighted by Gasteiger charge is -2.14. The molecule has 0 amide bonds. The summed E-state index contributed by atoms with van der Waals surface area (Å²) < 4.78 is 11.0. The predicted octanol–water partition coefficient (Wildman–Crippen LogP) is 6.28. The standard InChI is InChI=1S/C29H30O4/c1-2-32-28(31)29(18-19-29)21-22-10-12-25(13-11-22)27(30)9-6-20-33-26-16-14-24(15-17-26)23-7-4-3-5-8-23/h3-5,7-8,10-17H,2,6,9,18-21H2,1H3. The van der Waals surface area contributed by atoms with Crippen molar-refractivity contribution in [2.75, 3.05) is 13.2 Å². The third-order valence-corrected chi connectivity index (χ3v) is 6.16. The third kappa shape index (κ3) is 5.89. The summed E-state index contributed by atoms with van der Waals surface area (Å²) in [5.41, 5.74) is 3.75. The smallest absolute Gasteiger partial charge is 0.312 e. The van der Waals surface area contributed by atoms with Crippen LogP contribution in [0.4, 0.5) is 0 Å². The summed E-state index contributed by atoms with van der Waals surface area (Å²) in [5.74, 6) is 0.818. The number of benzene rings is 3. The van der Waals surface area contributed by atoms with Crippen molar-refractivity contribution >= 4 is 11.8 Å². The molecule has 1 saturated carbocycles. The number of rotatable bonds is 11. The van der Waals surface area contributed by atoms with Crippen LogP contribution in [0.15, 0.2) is 78.9 Å². The second-order valence-electron chi connectivity index (χ2n) is 8.64. The molecule has 0 aromatic heterocycles. The van der Waals surface area contributed by atoms with Crippen LogP contribution in [0, 0.1) is 5.41 Å². The van der Waals surface area contributed by atoms with E-state index < -0.39 is 0 Å². The fourth-order valence-corrected chi connectivity index (χ4v) is 4.03. The van der Waals surface area contributed by atoms with Crippen LogP contribution < -0.4 is 4.74 Å². The van der Waals surface area contributed by atoms with Crippen molar-refractivity contribution in [3.8, 4) is 16.9 Å². The van der Waals surface area contributed by atoms with Crippen molar-refractivity contribution in [1.82, 2.24) is 0 Å². The Morgan fingerprint density at radius 1 is 0.848 bits per heavy atom. The summed E-state index contributed by atoms with van der Waals surface area (Å²) in [6.07, 6.45) is 3.53. The van der Waals surface area contributed by atoms with E-state index in [2.05, 4.69) is 12.1 Å². The zero-order valence-electron chi connectivity index (χ0n) is 19.1. The van der Waals surface area contributed by atoms with E-state index in [9.17, 15) is 9.59 Å². The van der Waals surface area contributed by atoms with Gasteiger partial charge in [0.15, 0.2) is 5.78 Å². The largest absolute Gasteiger partial charge is 0.494 e. The highest BCUT2D eigenvalue weighted by atomic mass is 16.5. The van der Waals surface area contributed by atoms with Crippen molar-refractivity contribution < 1.29 is 19.1 Å². The summed E-state index contributed by atoms with van der Waals surface area (Å²) >= 11 is 0. The van der Waals surface area contributed by atoms with E-state index >= 15 is 0 Å². The fraction of sp³-hybridized carbons (Fsp3) is 0.310. The molecule has 0 N–H and O–H groups in total. The molecule has 0 bridgehead atoms. The van der Waals surface area contributed by atoms with Crippen molar-refractivity contribution in [3.63, 3.8) is 0 Å². The zero-order valence-corrected chi connectivity index (χ0v) is 19.1. The average molecular weight is 443 g/mol. The quantitative estimate of drug-likeness (QED) is 0.199. The molecule has 0 heterocycles. The number of hydrogen-bond donors (Lipinski definition) is 0. The molecular weight excluding hydrogens is 412 g/mol. The van der Waals surface area contributed by atoms with Gasteiger partial charge in [-0.1, -0.05) is 66.7 Å². The van der Waals surface area contributed by atoms with Gasteiger partial charge in [0.1, 0.15) is 5.75 Å². The van der Waals surface area contributed by atoms with E-state index in [1.54, 1.807) is 0 Å². The number of esters is 1. The van der Waals surface area contributed by atoms with Gasteiger partial charge >= 0.3 is 5.97 Å². The Labute approximate surface area is 195 Å². The molecule has 0 aliphatic heterocycles. The highest BCUT2D eigenvalue weighted by molar-refractivity contribution is 5.96. The number of carbonyl (C=O) groups is 2. The molecule has 0 saturated heterocycles.